The van der Waals surface area contributed by atoms with Gasteiger partial charge in [0, 0.05) is 40.4 Å². The number of aromatic nitrogens is 1. The van der Waals surface area contributed by atoms with E-state index in [0.717, 1.165) is 17.7 Å². The van der Waals surface area contributed by atoms with Crippen LogP contribution in [0.3, 0.4) is 0 Å². The summed E-state index contributed by atoms with van der Waals surface area (Å²) in [6, 6.07) is 12.3. The van der Waals surface area contributed by atoms with Crippen LogP contribution in [0.2, 0.25) is 5.02 Å². The van der Waals surface area contributed by atoms with Gasteiger partial charge in [0.05, 0.1) is 6.61 Å². The minimum Gasteiger partial charge on any atom is -0.394 e. The van der Waals surface area contributed by atoms with Crippen molar-refractivity contribution in [2.24, 2.45) is 0 Å². The first-order chi connectivity index (χ1) is 13.5. The Balaban J connectivity index is 1.82. The summed E-state index contributed by atoms with van der Waals surface area (Å²) in [7, 11) is 0. The lowest BCUT2D eigenvalue weighted by atomic mass is 10.1. The van der Waals surface area contributed by atoms with Gasteiger partial charge in [0.1, 0.15) is 5.56 Å². The third kappa shape index (κ3) is 4.52. The molecule has 1 amide bonds. The number of carbonyl (C=O) groups is 1. The zero-order chi connectivity index (χ0) is 20.1. The number of fused-ring (bicyclic) bond motifs is 1. The number of H-pyrrole nitrogens is 1. The molecule has 4 N–H and O–H groups in total. The molecule has 0 saturated carbocycles. The van der Waals surface area contributed by atoms with E-state index in [2.05, 4.69) is 15.6 Å². The van der Waals surface area contributed by atoms with Crippen molar-refractivity contribution in [1.82, 2.24) is 10.3 Å². The molecule has 0 aliphatic rings. The highest BCUT2D eigenvalue weighted by Crippen LogP contribution is 2.17. The molecule has 1 atom stereocenters. The van der Waals surface area contributed by atoms with E-state index < -0.39 is 5.91 Å². The van der Waals surface area contributed by atoms with Crippen LogP contribution >= 0.6 is 11.6 Å². The lowest BCUT2D eigenvalue weighted by Crippen LogP contribution is -2.28. The second-order valence-electron chi connectivity index (χ2n) is 6.53. The number of aromatic amines is 1. The number of aliphatic hydroxyl groups is 1. The number of amides is 1. The molecule has 7 heteroatoms. The maximum atomic E-state index is 12.8. The zero-order valence-electron chi connectivity index (χ0n) is 15.5. The van der Waals surface area contributed by atoms with E-state index in [1.54, 1.807) is 24.3 Å². The van der Waals surface area contributed by atoms with Crippen molar-refractivity contribution >= 4 is 34.1 Å². The Morgan fingerprint density at radius 3 is 2.64 bits per heavy atom. The van der Waals surface area contributed by atoms with E-state index in [0.29, 0.717) is 22.5 Å². The fourth-order valence-electron chi connectivity index (χ4n) is 2.87. The second-order valence-corrected chi connectivity index (χ2v) is 6.97. The average Bonchev–Trinajstić information content (AvgIpc) is 2.72. The molecule has 6 nitrogen and oxygen atoms in total. The Morgan fingerprint density at radius 2 is 1.96 bits per heavy atom. The van der Waals surface area contributed by atoms with Gasteiger partial charge < -0.3 is 20.7 Å². The molecule has 0 saturated heterocycles. The Labute approximate surface area is 167 Å². The van der Waals surface area contributed by atoms with Crippen molar-refractivity contribution in [3.8, 4) is 0 Å². The summed E-state index contributed by atoms with van der Waals surface area (Å²) in [6.45, 7) is 2.26. The molecular formula is C21H22ClN3O3. The Kier molecular flexibility index (Phi) is 6.34. The van der Waals surface area contributed by atoms with E-state index >= 15 is 0 Å². The molecule has 2 aromatic carbocycles. The molecular weight excluding hydrogens is 378 g/mol. The summed E-state index contributed by atoms with van der Waals surface area (Å²) in [6.07, 6.45) is 2.18. The molecule has 3 aromatic rings. The molecule has 0 fully saturated rings. The van der Waals surface area contributed by atoms with E-state index in [9.17, 15) is 14.7 Å². The summed E-state index contributed by atoms with van der Waals surface area (Å²) in [5.74, 6) is -0.446. The largest absolute Gasteiger partial charge is 0.394 e. The molecule has 146 valence electrons. The number of pyridine rings is 1. The second kappa shape index (κ2) is 8.91. The SMILES string of the molecule is CCC(CO)Nc1ccc2[nH]cc(C(=O)NCc3ccc(Cl)cc3)c(=O)c2c1. The number of hydrogen-bond acceptors (Lipinski definition) is 4. The number of benzene rings is 2. The highest BCUT2D eigenvalue weighted by Gasteiger charge is 2.14. The van der Waals surface area contributed by atoms with E-state index in [-0.39, 0.29) is 23.6 Å². The van der Waals surface area contributed by atoms with Crippen LogP contribution in [0.15, 0.2) is 53.5 Å². The minimum absolute atomic E-state index is 0.00195. The van der Waals surface area contributed by atoms with E-state index in [4.69, 9.17) is 11.6 Å². The first kappa shape index (κ1) is 19.9. The van der Waals surface area contributed by atoms with Crippen molar-refractivity contribution in [3.05, 3.63) is 75.0 Å². The van der Waals surface area contributed by atoms with Crippen LogP contribution < -0.4 is 16.1 Å². The smallest absolute Gasteiger partial charge is 0.257 e. The van der Waals surface area contributed by atoms with Crippen molar-refractivity contribution < 1.29 is 9.90 Å². The van der Waals surface area contributed by atoms with Gasteiger partial charge in [0.15, 0.2) is 0 Å². The van der Waals surface area contributed by atoms with Crippen LogP contribution in [-0.2, 0) is 6.54 Å². The summed E-state index contributed by atoms with van der Waals surface area (Å²) in [5, 5.41) is 16.3. The number of anilines is 1. The van der Waals surface area contributed by atoms with Crippen molar-refractivity contribution in [2.45, 2.75) is 25.9 Å². The van der Waals surface area contributed by atoms with Crippen LogP contribution in [-0.4, -0.2) is 28.6 Å². The van der Waals surface area contributed by atoms with Gasteiger partial charge >= 0.3 is 0 Å². The fourth-order valence-corrected chi connectivity index (χ4v) is 3.00. The lowest BCUT2D eigenvalue weighted by molar-refractivity contribution is 0.0949. The van der Waals surface area contributed by atoms with E-state index in [1.165, 1.54) is 6.20 Å². The first-order valence-corrected chi connectivity index (χ1v) is 9.45. The monoisotopic (exact) mass is 399 g/mol. The molecule has 3 rings (SSSR count). The number of aliphatic hydroxyl groups excluding tert-OH is 1. The summed E-state index contributed by atoms with van der Waals surface area (Å²) >= 11 is 5.86. The summed E-state index contributed by atoms with van der Waals surface area (Å²) in [4.78, 5) is 28.3. The van der Waals surface area contributed by atoms with Gasteiger partial charge in [-0.05, 0) is 42.3 Å². The normalized spacial score (nSPS) is 12.0. The van der Waals surface area contributed by atoms with Crippen LogP contribution in [0.4, 0.5) is 5.69 Å². The minimum atomic E-state index is -0.446. The molecule has 0 aliphatic carbocycles. The van der Waals surface area contributed by atoms with Crippen LogP contribution in [0.5, 0.6) is 0 Å². The third-order valence-corrected chi connectivity index (χ3v) is 4.83. The van der Waals surface area contributed by atoms with Crippen molar-refractivity contribution in [3.63, 3.8) is 0 Å². The average molecular weight is 400 g/mol. The first-order valence-electron chi connectivity index (χ1n) is 9.07. The molecule has 28 heavy (non-hydrogen) atoms. The molecule has 1 aromatic heterocycles. The molecule has 1 unspecified atom stereocenters. The number of hydrogen-bond donors (Lipinski definition) is 4. The van der Waals surface area contributed by atoms with Crippen LogP contribution in [0, 0.1) is 0 Å². The van der Waals surface area contributed by atoms with Gasteiger partial charge in [-0.25, -0.2) is 0 Å². The van der Waals surface area contributed by atoms with Gasteiger partial charge in [0.2, 0.25) is 5.43 Å². The molecule has 0 radical (unpaired) electrons. The quantitative estimate of drug-likeness (QED) is 0.490. The van der Waals surface area contributed by atoms with Crippen LogP contribution in [0.1, 0.15) is 29.3 Å². The number of carbonyl (C=O) groups excluding carboxylic acids is 1. The predicted octanol–water partition coefficient (Wildman–Crippen LogP) is 3.29. The Bertz CT molecular complexity index is 1030. The lowest BCUT2D eigenvalue weighted by Gasteiger charge is -2.15. The standard InChI is InChI=1S/C21H22ClN3O3/c1-2-15(12-26)25-16-7-8-19-17(9-16)20(27)18(11-23-19)21(28)24-10-13-3-5-14(22)6-4-13/h3-9,11,15,25-26H,2,10,12H2,1H3,(H,23,27)(H,24,28). The topological polar surface area (TPSA) is 94.2 Å². The molecule has 0 spiro atoms. The number of rotatable bonds is 7. The molecule has 0 bridgehead atoms. The molecule has 0 aliphatic heterocycles. The zero-order valence-corrected chi connectivity index (χ0v) is 16.2. The highest BCUT2D eigenvalue weighted by atomic mass is 35.5. The number of halogens is 1. The van der Waals surface area contributed by atoms with Gasteiger partial charge in [-0.1, -0.05) is 30.7 Å². The van der Waals surface area contributed by atoms with Gasteiger partial charge in [-0.2, -0.15) is 0 Å². The Morgan fingerprint density at radius 1 is 1.21 bits per heavy atom. The Hall–Kier alpha value is -2.83. The van der Waals surface area contributed by atoms with Crippen molar-refractivity contribution in [1.29, 1.82) is 0 Å². The summed E-state index contributed by atoms with van der Waals surface area (Å²) < 4.78 is 0. The van der Waals surface area contributed by atoms with Gasteiger partial charge in [0.25, 0.3) is 5.91 Å². The third-order valence-electron chi connectivity index (χ3n) is 4.58. The van der Waals surface area contributed by atoms with Crippen LogP contribution in [0.25, 0.3) is 10.9 Å². The van der Waals surface area contributed by atoms with Crippen molar-refractivity contribution in [2.75, 3.05) is 11.9 Å². The predicted molar refractivity (Wildman–Crippen MR) is 112 cm³/mol. The maximum absolute atomic E-state index is 12.8. The fraction of sp³-hybridized carbons (Fsp3) is 0.238. The maximum Gasteiger partial charge on any atom is 0.257 e. The van der Waals surface area contributed by atoms with Gasteiger partial charge in [-0.15, -0.1) is 0 Å². The molecule has 1 heterocycles. The summed E-state index contributed by atoms with van der Waals surface area (Å²) in [5.41, 5.74) is 1.95. The van der Waals surface area contributed by atoms with E-state index in [1.807, 2.05) is 25.1 Å². The highest BCUT2D eigenvalue weighted by molar-refractivity contribution is 6.30. The number of nitrogens with one attached hydrogen (secondary N) is 3. The van der Waals surface area contributed by atoms with Gasteiger partial charge in [-0.3, -0.25) is 9.59 Å².